The fourth-order valence-corrected chi connectivity index (χ4v) is 2.38. The molecule has 0 spiro atoms. The first-order valence-electron chi connectivity index (χ1n) is 7.73. The lowest BCUT2D eigenvalue weighted by atomic mass is 10.1. The number of methoxy groups -OCH3 is 1. The molecule has 5 nitrogen and oxygen atoms in total. The van der Waals surface area contributed by atoms with Crippen molar-refractivity contribution in [2.45, 2.75) is 25.5 Å². The van der Waals surface area contributed by atoms with Gasteiger partial charge >= 0.3 is 0 Å². The average Bonchev–Trinajstić information content (AvgIpc) is 2.58. The molecule has 122 valence electrons. The third kappa shape index (κ3) is 5.07. The standard InChI is InChI=1S/C18H22N2O3/c1-23-17(15-9-3-2-4-10-15)18(22)19-12-6-8-14-20-13-7-5-11-16(20)21/h2-5,7,9-11,13,17H,6,8,12,14H2,1H3,(H,19,22). The molecule has 1 aromatic heterocycles. The molecule has 23 heavy (non-hydrogen) atoms. The zero-order valence-electron chi connectivity index (χ0n) is 13.3. The van der Waals surface area contributed by atoms with E-state index < -0.39 is 6.10 Å². The number of nitrogens with zero attached hydrogens (tertiary/aromatic N) is 1. The minimum atomic E-state index is -0.590. The summed E-state index contributed by atoms with van der Waals surface area (Å²) in [5, 5.41) is 2.88. The number of benzene rings is 1. The molecule has 0 aliphatic carbocycles. The van der Waals surface area contributed by atoms with E-state index in [1.165, 1.54) is 7.11 Å². The Morgan fingerprint density at radius 2 is 1.87 bits per heavy atom. The van der Waals surface area contributed by atoms with E-state index in [1.54, 1.807) is 22.9 Å². The predicted octanol–water partition coefficient (Wildman–Crippen LogP) is 2.13. The molecule has 0 aliphatic heterocycles. The zero-order valence-corrected chi connectivity index (χ0v) is 13.3. The Bertz CT molecular complexity index is 667. The monoisotopic (exact) mass is 314 g/mol. The van der Waals surface area contributed by atoms with E-state index in [0.29, 0.717) is 13.1 Å². The van der Waals surface area contributed by atoms with Crippen molar-refractivity contribution in [3.05, 3.63) is 70.6 Å². The van der Waals surface area contributed by atoms with Crippen molar-refractivity contribution < 1.29 is 9.53 Å². The molecule has 0 saturated carbocycles. The van der Waals surface area contributed by atoms with Crippen LogP contribution in [0.3, 0.4) is 0 Å². The van der Waals surface area contributed by atoms with E-state index in [9.17, 15) is 9.59 Å². The third-order valence-electron chi connectivity index (χ3n) is 3.60. The summed E-state index contributed by atoms with van der Waals surface area (Å²) >= 11 is 0. The van der Waals surface area contributed by atoms with Gasteiger partial charge in [-0.25, -0.2) is 0 Å². The van der Waals surface area contributed by atoms with Crippen LogP contribution in [0.25, 0.3) is 0 Å². The second-order valence-electron chi connectivity index (χ2n) is 5.26. The van der Waals surface area contributed by atoms with Crippen molar-refractivity contribution >= 4 is 5.91 Å². The highest BCUT2D eigenvalue weighted by molar-refractivity contribution is 5.82. The maximum atomic E-state index is 12.2. The van der Waals surface area contributed by atoms with E-state index >= 15 is 0 Å². The number of carbonyl (C=O) groups is 1. The number of unbranched alkanes of at least 4 members (excludes halogenated alkanes) is 1. The predicted molar refractivity (Wildman–Crippen MR) is 89.1 cm³/mol. The normalized spacial score (nSPS) is 11.9. The summed E-state index contributed by atoms with van der Waals surface area (Å²) in [5.41, 5.74) is 0.836. The minimum absolute atomic E-state index is 0.0000557. The van der Waals surface area contributed by atoms with Crippen molar-refractivity contribution in [3.8, 4) is 0 Å². The number of ether oxygens (including phenoxy) is 1. The average molecular weight is 314 g/mol. The van der Waals surface area contributed by atoms with Gasteiger partial charge in [-0.05, 0) is 24.5 Å². The highest BCUT2D eigenvalue weighted by Gasteiger charge is 2.18. The summed E-state index contributed by atoms with van der Waals surface area (Å²) in [5.74, 6) is -0.143. The number of rotatable bonds is 8. The Labute approximate surface area is 135 Å². The van der Waals surface area contributed by atoms with E-state index in [2.05, 4.69) is 5.32 Å². The number of hydrogen-bond acceptors (Lipinski definition) is 3. The molecule has 0 aliphatic rings. The first-order chi connectivity index (χ1) is 11.2. The van der Waals surface area contributed by atoms with Gasteiger partial charge in [-0.3, -0.25) is 9.59 Å². The minimum Gasteiger partial charge on any atom is -0.367 e. The Balaban J connectivity index is 1.74. The number of amides is 1. The summed E-state index contributed by atoms with van der Waals surface area (Å²) < 4.78 is 6.95. The van der Waals surface area contributed by atoms with Crippen molar-refractivity contribution in [1.82, 2.24) is 9.88 Å². The highest BCUT2D eigenvalue weighted by Crippen LogP contribution is 2.15. The van der Waals surface area contributed by atoms with Crippen LogP contribution in [0.1, 0.15) is 24.5 Å². The fourth-order valence-electron chi connectivity index (χ4n) is 2.38. The van der Waals surface area contributed by atoms with Gasteiger partial charge in [-0.1, -0.05) is 36.4 Å². The molecule has 1 heterocycles. The summed E-state index contributed by atoms with van der Waals surface area (Å²) in [6, 6.07) is 14.5. The summed E-state index contributed by atoms with van der Waals surface area (Å²) in [6.07, 6.45) is 2.82. The third-order valence-corrected chi connectivity index (χ3v) is 3.60. The molecule has 1 aromatic carbocycles. The summed E-state index contributed by atoms with van der Waals surface area (Å²) in [7, 11) is 1.53. The lowest BCUT2D eigenvalue weighted by Crippen LogP contribution is -2.31. The number of aromatic nitrogens is 1. The van der Waals surface area contributed by atoms with Crippen LogP contribution < -0.4 is 10.9 Å². The molecule has 2 rings (SSSR count). The molecular formula is C18H22N2O3. The Morgan fingerprint density at radius 1 is 1.13 bits per heavy atom. The van der Waals surface area contributed by atoms with Crippen molar-refractivity contribution in [1.29, 1.82) is 0 Å². The maximum Gasteiger partial charge on any atom is 0.253 e. The molecule has 1 atom stereocenters. The number of pyridine rings is 1. The molecular weight excluding hydrogens is 292 g/mol. The SMILES string of the molecule is COC(C(=O)NCCCCn1ccccc1=O)c1ccccc1. The molecule has 0 saturated heterocycles. The van der Waals surface area contributed by atoms with Crippen molar-refractivity contribution in [2.24, 2.45) is 0 Å². The molecule has 1 amide bonds. The van der Waals surface area contributed by atoms with Gasteiger partial charge in [-0.15, -0.1) is 0 Å². The van der Waals surface area contributed by atoms with Gasteiger partial charge in [0, 0.05) is 32.5 Å². The van der Waals surface area contributed by atoms with Crippen LogP contribution in [0.4, 0.5) is 0 Å². The Hall–Kier alpha value is -2.40. The Kier molecular flexibility index (Phi) is 6.56. The van der Waals surface area contributed by atoms with Crippen LogP contribution in [-0.4, -0.2) is 24.1 Å². The van der Waals surface area contributed by atoms with Gasteiger partial charge in [0.25, 0.3) is 5.91 Å². The van der Waals surface area contributed by atoms with Crippen LogP contribution in [0.2, 0.25) is 0 Å². The smallest absolute Gasteiger partial charge is 0.253 e. The molecule has 0 radical (unpaired) electrons. The van der Waals surface area contributed by atoms with Gasteiger partial charge in [0.15, 0.2) is 6.10 Å². The number of nitrogens with one attached hydrogen (secondary N) is 1. The van der Waals surface area contributed by atoms with E-state index in [4.69, 9.17) is 4.74 Å². The topological polar surface area (TPSA) is 60.3 Å². The van der Waals surface area contributed by atoms with Crippen molar-refractivity contribution in [2.75, 3.05) is 13.7 Å². The number of hydrogen-bond donors (Lipinski definition) is 1. The van der Waals surface area contributed by atoms with Crippen LogP contribution in [0.15, 0.2) is 59.5 Å². The van der Waals surface area contributed by atoms with Gasteiger partial charge in [-0.2, -0.15) is 0 Å². The van der Waals surface area contributed by atoms with E-state index in [-0.39, 0.29) is 11.5 Å². The molecule has 5 heteroatoms. The van der Waals surface area contributed by atoms with E-state index in [1.807, 2.05) is 36.4 Å². The van der Waals surface area contributed by atoms with Gasteiger partial charge < -0.3 is 14.6 Å². The van der Waals surface area contributed by atoms with Gasteiger partial charge in [0.2, 0.25) is 5.56 Å². The Morgan fingerprint density at radius 3 is 2.57 bits per heavy atom. The summed E-state index contributed by atoms with van der Waals surface area (Å²) in [6.45, 7) is 1.22. The first-order valence-corrected chi connectivity index (χ1v) is 7.73. The molecule has 2 aromatic rings. The van der Waals surface area contributed by atoms with Crippen LogP contribution in [0, 0.1) is 0 Å². The van der Waals surface area contributed by atoms with Crippen molar-refractivity contribution in [3.63, 3.8) is 0 Å². The number of carbonyl (C=O) groups excluding carboxylic acids is 1. The van der Waals surface area contributed by atoms with Crippen LogP contribution in [0.5, 0.6) is 0 Å². The molecule has 1 N–H and O–H groups in total. The summed E-state index contributed by atoms with van der Waals surface area (Å²) in [4.78, 5) is 23.7. The maximum absolute atomic E-state index is 12.2. The molecule has 1 unspecified atom stereocenters. The molecule has 0 fully saturated rings. The van der Waals surface area contributed by atoms with Crippen LogP contribution >= 0.6 is 0 Å². The second-order valence-corrected chi connectivity index (χ2v) is 5.26. The lowest BCUT2D eigenvalue weighted by molar-refractivity contribution is -0.131. The van der Waals surface area contributed by atoms with Crippen LogP contribution in [-0.2, 0) is 16.1 Å². The van der Waals surface area contributed by atoms with Gasteiger partial charge in [0.1, 0.15) is 0 Å². The largest absolute Gasteiger partial charge is 0.367 e. The fraction of sp³-hybridized carbons (Fsp3) is 0.333. The van der Waals surface area contributed by atoms with Gasteiger partial charge in [0.05, 0.1) is 0 Å². The quantitative estimate of drug-likeness (QED) is 0.759. The number of aryl methyl sites for hydroxylation is 1. The first kappa shape index (κ1) is 17.0. The second kappa shape index (κ2) is 8.90. The lowest BCUT2D eigenvalue weighted by Gasteiger charge is -2.15. The molecule has 0 bridgehead atoms. The van der Waals surface area contributed by atoms with E-state index in [0.717, 1.165) is 18.4 Å². The zero-order chi connectivity index (χ0) is 16.5. The highest BCUT2D eigenvalue weighted by atomic mass is 16.5.